The standard InChI is InChI=1S/C21H17F6NO3/c1-13-9-16(28-31-13)12-19(2,14-5-3-7-17(10-14)29-20(22,23)24)15-6-4-8-18(11-15)30-21(25,26)27/h3-11H,12H2,1-2H3. The van der Waals surface area contributed by atoms with E-state index in [2.05, 4.69) is 14.6 Å². The average Bonchev–Trinajstić information content (AvgIpc) is 3.04. The Bertz CT molecular complexity index is 982. The molecular formula is C21H17F6NO3. The van der Waals surface area contributed by atoms with Gasteiger partial charge in [0.05, 0.1) is 5.69 Å². The lowest BCUT2D eigenvalue weighted by molar-refractivity contribution is -0.275. The molecular weight excluding hydrogens is 428 g/mol. The molecule has 4 nitrogen and oxygen atoms in total. The van der Waals surface area contributed by atoms with E-state index in [4.69, 9.17) is 4.52 Å². The van der Waals surface area contributed by atoms with Gasteiger partial charge in [-0.3, -0.25) is 0 Å². The minimum Gasteiger partial charge on any atom is -0.406 e. The summed E-state index contributed by atoms with van der Waals surface area (Å²) < 4.78 is 89.2. The Morgan fingerprint density at radius 2 is 1.29 bits per heavy atom. The Kier molecular flexibility index (Phi) is 5.93. The third-order valence-electron chi connectivity index (χ3n) is 4.62. The summed E-state index contributed by atoms with van der Waals surface area (Å²) in [6.45, 7) is 3.35. The van der Waals surface area contributed by atoms with E-state index in [9.17, 15) is 26.3 Å². The fraction of sp³-hybridized carbons (Fsp3) is 0.286. The van der Waals surface area contributed by atoms with Crippen LogP contribution in [0.25, 0.3) is 0 Å². The summed E-state index contributed by atoms with van der Waals surface area (Å²) in [4.78, 5) is 0. The third-order valence-corrected chi connectivity index (χ3v) is 4.62. The smallest absolute Gasteiger partial charge is 0.406 e. The highest BCUT2D eigenvalue weighted by Gasteiger charge is 2.35. The van der Waals surface area contributed by atoms with E-state index in [-0.39, 0.29) is 6.42 Å². The highest BCUT2D eigenvalue weighted by Crippen LogP contribution is 2.39. The molecule has 0 aliphatic heterocycles. The zero-order valence-corrected chi connectivity index (χ0v) is 16.3. The van der Waals surface area contributed by atoms with Crippen molar-refractivity contribution >= 4 is 0 Å². The van der Waals surface area contributed by atoms with Crippen LogP contribution in [0, 0.1) is 6.92 Å². The molecule has 0 bridgehead atoms. The molecule has 3 rings (SSSR count). The first-order valence-electron chi connectivity index (χ1n) is 8.99. The van der Waals surface area contributed by atoms with E-state index >= 15 is 0 Å². The molecule has 0 spiro atoms. The van der Waals surface area contributed by atoms with Crippen molar-refractivity contribution in [2.24, 2.45) is 0 Å². The van der Waals surface area contributed by atoms with Gasteiger partial charge in [-0.15, -0.1) is 26.3 Å². The molecule has 0 fully saturated rings. The first-order chi connectivity index (χ1) is 14.3. The zero-order valence-electron chi connectivity index (χ0n) is 16.3. The number of nitrogens with zero attached hydrogens (tertiary/aromatic N) is 1. The van der Waals surface area contributed by atoms with Gasteiger partial charge in [-0.1, -0.05) is 36.3 Å². The molecule has 2 aromatic carbocycles. The van der Waals surface area contributed by atoms with Gasteiger partial charge in [0.25, 0.3) is 0 Å². The fourth-order valence-electron chi connectivity index (χ4n) is 3.31. The van der Waals surface area contributed by atoms with Crippen molar-refractivity contribution in [1.29, 1.82) is 0 Å². The molecule has 0 amide bonds. The number of alkyl halides is 6. The topological polar surface area (TPSA) is 44.5 Å². The summed E-state index contributed by atoms with van der Waals surface area (Å²) in [6.07, 6.45) is -9.65. The molecule has 0 saturated carbocycles. The number of ether oxygens (including phenoxy) is 2. The minimum absolute atomic E-state index is 0.134. The quantitative estimate of drug-likeness (QED) is 0.416. The Morgan fingerprint density at radius 1 is 0.806 bits per heavy atom. The largest absolute Gasteiger partial charge is 0.573 e. The van der Waals surface area contributed by atoms with Gasteiger partial charge in [-0.25, -0.2) is 0 Å². The molecule has 1 aromatic heterocycles. The third kappa shape index (κ3) is 5.93. The zero-order chi connectivity index (χ0) is 22.9. The van der Waals surface area contributed by atoms with Gasteiger partial charge < -0.3 is 14.0 Å². The van der Waals surface area contributed by atoms with Crippen molar-refractivity contribution in [1.82, 2.24) is 5.16 Å². The van der Waals surface area contributed by atoms with E-state index in [1.54, 1.807) is 32.0 Å². The van der Waals surface area contributed by atoms with Crippen LogP contribution in [0.2, 0.25) is 0 Å². The van der Waals surface area contributed by atoms with Gasteiger partial charge in [0.2, 0.25) is 0 Å². The lowest BCUT2D eigenvalue weighted by Crippen LogP contribution is -2.27. The number of hydrogen-bond donors (Lipinski definition) is 0. The lowest BCUT2D eigenvalue weighted by Gasteiger charge is -2.31. The molecule has 166 valence electrons. The maximum absolute atomic E-state index is 12.7. The van der Waals surface area contributed by atoms with Crippen molar-refractivity contribution in [3.05, 3.63) is 77.2 Å². The number of aromatic nitrogens is 1. The molecule has 0 atom stereocenters. The first kappa shape index (κ1) is 22.5. The van der Waals surface area contributed by atoms with Crippen LogP contribution >= 0.6 is 0 Å². The molecule has 0 unspecified atom stereocenters. The van der Waals surface area contributed by atoms with E-state index in [1.807, 2.05) is 0 Å². The fourth-order valence-corrected chi connectivity index (χ4v) is 3.31. The van der Waals surface area contributed by atoms with Crippen LogP contribution in [0.1, 0.15) is 29.5 Å². The predicted octanol–water partition coefficient (Wildman–Crippen LogP) is 6.33. The average molecular weight is 445 g/mol. The minimum atomic E-state index is -4.89. The van der Waals surface area contributed by atoms with Gasteiger partial charge in [0.15, 0.2) is 0 Å². The Labute approximate surface area is 173 Å². The number of halogens is 6. The van der Waals surface area contributed by atoms with Crippen molar-refractivity contribution in [2.75, 3.05) is 0 Å². The van der Waals surface area contributed by atoms with Crippen molar-refractivity contribution in [3.63, 3.8) is 0 Å². The molecule has 0 N–H and O–H groups in total. The molecule has 3 aromatic rings. The molecule has 10 heteroatoms. The van der Waals surface area contributed by atoms with E-state index in [0.29, 0.717) is 22.6 Å². The molecule has 0 radical (unpaired) electrons. The second-order valence-electron chi connectivity index (χ2n) is 7.09. The summed E-state index contributed by atoms with van der Waals surface area (Å²) >= 11 is 0. The van der Waals surface area contributed by atoms with Crippen LogP contribution in [0.5, 0.6) is 11.5 Å². The van der Waals surface area contributed by atoms with Gasteiger partial charge in [-0.2, -0.15) is 0 Å². The maximum atomic E-state index is 12.7. The van der Waals surface area contributed by atoms with Gasteiger partial charge in [0.1, 0.15) is 17.3 Å². The molecule has 31 heavy (non-hydrogen) atoms. The maximum Gasteiger partial charge on any atom is 0.573 e. The first-order valence-corrected chi connectivity index (χ1v) is 8.99. The van der Waals surface area contributed by atoms with Crippen LogP contribution < -0.4 is 9.47 Å². The van der Waals surface area contributed by atoms with Crippen LogP contribution in [0.15, 0.2) is 59.1 Å². The molecule has 0 saturated heterocycles. The molecule has 0 aliphatic rings. The molecule has 1 heterocycles. The highest BCUT2D eigenvalue weighted by atomic mass is 19.4. The highest BCUT2D eigenvalue weighted by molar-refractivity contribution is 5.45. The Balaban J connectivity index is 2.08. The predicted molar refractivity (Wildman–Crippen MR) is 97.6 cm³/mol. The second kappa shape index (κ2) is 8.16. The van der Waals surface area contributed by atoms with Crippen molar-refractivity contribution < 1.29 is 40.3 Å². The normalized spacial score (nSPS) is 12.6. The number of benzene rings is 2. The second-order valence-corrected chi connectivity index (χ2v) is 7.09. The number of rotatable bonds is 6. The summed E-state index contributed by atoms with van der Waals surface area (Å²) in [5.41, 5.74) is 0.140. The summed E-state index contributed by atoms with van der Waals surface area (Å²) in [5, 5.41) is 3.92. The van der Waals surface area contributed by atoms with Crippen LogP contribution in [0.4, 0.5) is 26.3 Å². The summed E-state index contributed by atoms with van der Waals surface area (Å²) in [6, 6.07) is 12.2. The van der Waals surface area contributed by atoms with Crippen molar-refractivity contribution in [3.8, 4) is 11.5 Å². The van der Waals surface area contributed by atoms with Crippen LogP contribution in [-0.4, -0.2) is 17.9 Å². The van der Waals surface area contributed by atoms with Gasteiger partial charge >= 0.3 is 12.7 Å². The Morgan fingerprint density at radius 3 is 1.68 bits per heavy atom. The van der Waals surface area contributed by atoms with Crippen LogP contribution in [-0.2, 0) is 11.8 Å². The lowest BCUT2D eigenvalue weighted by atomic mass is 9.73. The SMILES string of the molecule is Cc1cc(CC(C)(c2cccc(OC(F)(F)F)c2)c2cccc(OC(F)(F)F)c2)no1. The summed E-state index contributed by atoms with van der Waals surface area (Å²) in [5.74, 6) is -0.383. The number of hydrogen-bond acceptors (Lipinski definition) is 4. The number of aryl methyl sites for hydroxylation is 1. The summed E-state index contributed by atoms with van der Waals surface area (Å²) in [7, 11) is 0. The monoisotopic (exact) mass is 445 g/mol. The van der Waals surface area contributed by atoms with Gasteiger partial charge in [0, 0.05) is 17.9 Å². The van der Waals surface area contributed by atoms with E-state index in [1.165, 1.54) is 24.3 Å². The Hall–Kier alpha value is -3.17. The van der Waals surface area contributed by atoms with Crippen LogP contribution in [0.3, 0.4) is 0 Å². The van der Waals surface area contributed by atoms with Gasteiger partial charge in [-0.05, 0) is 42.3 Å². The van der Waals surface area contributed by atoms with Crippen molar-refractivity contribution in [2.45, 2.75) is 38.4 Å². The van der Waals surface area contributed by atoms with E-state index in [0.717, 1.165) is 12.1 Å². The molecule has 0 aliphatic carbocycles. The van der Waals surface area contributed by atoms with E-state index < -0.39 is 29.6 Å².